The van der Waals surface area contributed by atoms with Gasteiger partial charge in [0.15, 0.2) is 6.29 Å². The second-order valence-electron chi connectivity index (χ2n) is 5.34. The number of aromatic nitrogens is 1. The number of nitrogens with zero attached hydrogens (tertiary/aromatic N) is 1. The number of halogens is 1. The van der Waals surface area contributed by atoms with E-state index >= 15 is 0 Å². The van der Waals surface area contributed by atoms with E-state index in [0.29, 0.717) is 6.29 Å². The normalized spacial score (nSPS) is 21.1. The summed E-state index contributed by atoms with van der Waals surface area (Å²) < 4.78 is 25.3. The third-order valence-corrected chi connectivity index (χ3v) is 3.53. The minimum atomic E-state index is -0.803. The average Bonchev–Trinajstić information content (AvgIpc) is 2.47. The first-order valence-electron chi connectivity index (χ1n) is 5.73. The molecule has 96 valence electrons. The van der Waals surface area contributed by atoms with Crippen molar-refractivity contribution in [3.8, 4) is 0 Å². The van der Waals surface area contributed by atoms with Gasteiger partial charge in [0.25, 0.3) is 0 Å². The average molecular weight is 251 g/mol. The zero-order valence-corrected chi connectivity index (χ0v) is 10.9. The van der Waals surface area contributed by atoms with Crippen LogP contribution in [0, 0.1) is 5.82 Å². The minimum absolute atomic E-state index is 0.0489. The molecule has 1 aromatic heterocycles. The molecule has 0 bridgehead atoms. The molecule has 0 N–H and O–H groups in total. The molecular formula is C12H15BFNO3. The Morgan fingerprint density at radius 3 is 2.28 bits per heavy atom. The first kappa shape index (κ1) is 13.2. The molecule has 0 aromatic carbocycles. The first-order chi connectivity index (χ1) is 8.27. The fourth-order valence-electron chi connectivity index (χ4n) is 1.66. The van der Waals surface area contributed by atoms with Gasteiger partial charge in [-0.3, -0.25) is 9.78 Å². The monoisotopic (exact) mass is 251 g/mol. The van der Waals surface area contributed by atoms with Crippen LogP contribution in [-0.2, 0) is 9.31 Å². The topological polar surface area (TPSA) is 48.4 Å². The van der Waals surface area contributed by atoms with Crippen molar-refractivity contribution < 1.29 is 18.5 Å². The molecule has 1 aliphatic rings. The molecule has 0 aliphatic carbocycles. The van der Waals surface area contributed by atoms with Crippen molar-refractivity contribution >= 4 is 18.9 Å². The molecule has 4 nitrogen and oxygen atoms in total. The van der Waals surface area contributed by atoms with Crippen LogP contribution in [0.2, 0.25) is 0 Å². The van der Waals surface area contributed by atoms with Gasteiger partial charge < -0.3 is 9.31 Å². The van der Waals surface area contributed by atoms with Crippen molar-refractivity contribution in [3.63, 3.8) is 0 Å². The second kappa shape index (κ2) is 4.14. The molecule has 1 aromatic rings. The van der Waals surface area contributed by atoms with Gasteiger partial charge in [0.2, 0.25) is 0 Å². The summed E-state index contributed by atoms with van der Waals surface area (Å²) in [5.41, 5.74) is -0.812. The quantitative estimate of drug-likeness (QED) is 0.587. The lowest BCUT2D eigenvalue weighted by Crippen LogP contribution is -2.41. The summed E-state index contributed by atoms with van der Waals surface area (Å²) in [4.78, 5) is 14.3. The molecule has 2 heterocycles. The highest BCUT2D eigenvalue weighted by Gasteiger charge is 2.52. The molecule has 1 aliphatic heterocycles. The number of hydrogen-bond donors (Lipinski definition) is 0. The summed E-state index contributed by atoms with van der Waals surface area (Å²) in [6.07, 6.45) is 1.78. The molecule has 6 heteroatoms. The molecule has 18 heavy (non-hydrogen) atoms. The standard InChI is InChI=1S/C12H15BFNO3/c1-11(2)12(3,4)18-13(17-11)9-6-15-8(7-16)5-10(9)14/h5-7H,1-4H3. The Hall–Kier alpha value is -1.27. The Labute approximate surface area is 106 Å². The van der Waals surface area contributed by atoms with Crippen molar-refractivity contribution in [2.75, 3.05) is 0 Å². The van der Waals surface area contributed by atoms with Gasteiger partial charge in [-0.25, -0.2) is 4.39 Å². The van der Waals surface area contributed by atoms with Crippen LogP contribution in [0.4, 0.5) is 4.39 Å². The maximum absolute atomic E-state index is 13.8. The number of hydrogen-bond acceptors (Lipinski definition) is 4. The van der Waals surface area contributed by atoms with Gasteiger partial charge in [-0.2, -0.15) is 0 Å². The summed E-state index contributed by atoms with van der Waals surface area (Å²) in [6, 6.07) is 1.08. The van der Waals surface area contributed by atoms with Gasteiger partial charge in [0.1, 0.15) is 11.5 Å². The van der Waals surface area contributed by atoms with E-state index < -0.39 is 24.1 Å². The van der Waals surface area contributed by atoms with Crippen molar-refractivity contribution in [2.24, 2.45) is 0 Å². The van der Waals surface area contributed by atoms with Gasteiger partial charge >= 0.3 is 7.12 Å². The summed E-state index contributed by atoms with van der Waals surface area (Å²) in [6.45, 7) is 7.55. The Bertz CT molecular complexity index is 474. The van der Waals surface area contributed by atoms with Crippen LogP contribution in [0.25, 0.3) is 0 Å². The van der Waals surface area contributed by atoms with E-state index in [1.807, 2.05) is 27.7 Å². The third-order valence-electron chi connectivity index (χ3n) is 3.53. The molecule has 1 saturated heterocycles. The molecule has 0 atom stereocenters. The van der Waals surface area contributed by atoms with Crippen LogP contribution < -0.4 is 5.46 Å². The molecule has 0 amide bonds. The summed E-state index contributed by atoms with van der Waals surface area (Å²) >= 11 is 0. The highest BCUT2D eigenvalue weighted by Crippen LogP contribution is 2.36. The molecule has 0 spiro atoms. The molecule has 0 unspecified atom stereocenters. The van der Waals surface area contributed by atoms with Gasteiger partial charge in [-0.15, -0.1) is 0 Å². The number of carbonyl (C=O) groups excluding carboxylic acids is 1. The van der Waals surface area contributed by atoms with E-state index in [-0.39, 0.29) is 11.2 Å². The van der Waals surface area contributed by atoms with Crippen molar-refractivity contribution in [3.05, 3.63) is 23.8 Å². The third kappa shape index (κ3) is 2.06. The van der Waals surface area contributed by atoms with Crippen molar-refractivity contribution in [1.82, 2.24) is 4.98 Å². The molecular weight excluding hydrogens is 236 g/mol. The maximum atomic E-state index is 13.8. The second-order valence-corrected chi connectivity index (χ2v) is 5.34. The Balaban J connectivity index is 2.32. The lowest BCUT2D eigenvalue weighted by atomic mass is 9.80. The largest absolute Gasteiger partial charge is 0.499 e. The predicted octanol–water partition coefficient (Wildman–Crippen LogP) is 1.33. The zero-order chi connectivity index (χ0) is 13.6. The lowest BCUT2D eigenvalue weighted by molar-refractivity contribution is 0.00578. The highest BCUT2D eigenvalue weighted by atomic mass is 19.1. The van der Waals surface area contributed by atoms with E-state index in [0.717, 1.165) is 6.07 Å². The van der Waals surface area contributed by atoms with Crippen LogP contribution in [-0.4, -0.2) is 29.6 Å². The van der Waals surface area contributed by atoms with Crippen LogP contribution in [0.5, 0.6) is 0 Å². The fraction of sp³-hybridized carbons (Fsp3) is 0.500. The zero-order valence-electron chi connectivity index (χ0n) is 10.9. The van der Waals surface area contributed by atoms with Crippen molar-refractivity contribution in [1.29, 1.82) is 0 Å². The Morgan fingerprint density at radius 2 is 1.83 bits per heavy atom. The molecule has 1 fully saturated rings. The minimum Gasteiger partial charge on any atom is -0.399 e. The van der Waals surface area contributed by atoms with Crippen LogP contribution >= 0.6 is 0 Å². The first-order valence-corrected chi connectivity index (χ1v) is 5.73. The molecule has 2 rings (SSSR count). The van der Waals surface area contributed by atoms with Crippen LogP contribution in [0.15, 0.2) is 12.3 Å². The lowest BCUT2D eigenvalue weighted by Gasteiger charge is -2.32. The van der Waals surface area contributed by atoms with Crippen LogP contribution in [0.1, 0.15) is 38.2 Å². The smallest absolute Gasteiger partial charge is 0.399 e. The van der Waals surface area contributed by atoms with E-state index in [1.54, 1.807) is 0 Å². The van der Waals surface area contributed by atoms with E-state index in [2.05, 4.69) is 4.98 Å². The predicted molar refractivity (Wildman–Crippen MR) is 65.3 cm³/mol. The van der Waals surface area contributed by atoms with E-state index in [1.165, 1.54) is 6.20 Å². The number of carbonyl (C=O) groups is 1. The van der Waals surface area contributed by atoms with Gasteiger partial charge in [-0.05, 0) is 27.7 Å². The summed E-state index contributed by atoms with van der Waals surface area (Å²) in [7, 11) is -0.803. The highest BCUT2D eigenvalue weighted by molar-refractivity contribution is 6.62. The maximum Gasteiger partial charge on any atom is 0.499 e. The fourth-order valence-corrected chi connectivity index (χ4v) is 1.66. The SMILES string of the molecule is CC1(C)OB(c2cnc(C=O)cc2F)OC1(C)C. The summed E-state index contributed by atoms with van der Waals surface area (Å²) in [5, 5.41) is 0. The number of rotatable bonds is 2. The Morgan fingerprint density at radius 1 is 1.28 bits per heavy atom. The van der Waals surface area contributed by atoms with Crippen molar-refractivity contribution in [2.45, 2.75) is 38.9 Å². The number of pyridine rings is 1. The van der Waals surface area contributed by atoms with E-state index in [9.17, 15) is 9.18 Å². The van der Waals surface area contributed by atoms with Gasteiger partial charge in [0.05, 0.1) is 11.2 Å². The molecule has 0 saturated carbocycles. The number of aldehydes is 1. The Kier molecular flexibility index (Phi) is 3.03. The van der Waals surface area contributed by atoms with Gasteiger partial charge in [0, 0.05) is 17.7 Å². The summed E-state index contributed by atoms with van der Waals surface area (Å²) in [5.74, 6) is -0.550. The van der Waals surface area contributed by atoms with Gasteiger partial charge in [-0.1, -0.05) is 0 Å². The van der Waals surface area contributed by atoms with Crippen LogP contribution in [0.3, 0.4) is 0 Å². The molecule has 0 radical (unpaired) electrons. The van der Waals surface area contributed by atoms with E-state index in [4.69, 9.17) is 9.31 Å².